The molecule has 1 aromatic carbocycles. The molecule has 6 heteroatoms. The maximum absolute atomic E-state index is 12.3. The van der Waals surface area contributed by atoms with E-state index in [-0.39, 0.29) is 5.78 Å². The summed E-state index contributed by atoms with van der Waals surface area (Å²) in [4.78, 5) is 12.3. The van der Waals surface area contributed by atoms with Gasteiger partial charge in [0.25, 0.3) is 0 Å². The number of ether oxygens (including phenoxy) is 2. The van der Waals surface area contributed by atoms with Gasteiger partial charge in [-0.2, -0.15) is 0 Å². The van der Waals surface area contributed by atoms with Crippen molar-refractivity contribution in [1.82, 2.24) is 15.0 Å². The summed E-state index contributed by atoms with van der Waals surface area (Å²) in [5.74, 6) is 0.945. The number of hydrogen-bond donors (Lipinski definition) is 0. The standard InChI is InChI=1S/C12H13N3O3/c1-15-11(7-13-14-15)12(16)8-4-9(17-2)6-10(5-8)18-3/h4-7H,1-3H3. The Hall–Kier alpha value is -2.37. The van der Waals surface area contributed by atoms with Crippen LogP contribution in [0.25, 0.3) is 0 Å². The average Bonchev–Trinajstić information content (AvgIpc) is 2.83. The second-order valence-electron chi connectivity index (χ2n) is 3.67. The second-order valence-corrected chi connectivity index (χ2v) is 3.67. The van der Waals surface area contributed by atoms with Gasteiger partial charge in [-0.3, -0.25) is 4.79 Å². The fraction of sp³-hybridized carbons (Fsp3) is 0.250. The molecule has 2 rings (SSSR count). The number of aromatic nitrogens is 3. The normalized spacial score (nSPS) is 10.2. The molecule has 0 atom stereocenters. The minimum Gasteiger partial charge on any atom is -0.497 e. The van der Waals surface area contributed by atoms with Gasteiger partial charge in [-0.25, -0.2) is 4.68 Å². The zero-order chi connectivity index (χ0) is 13.1. The van der Waals surface area contributed by atoms with Crippen molar-refractivity contribution in [2.24, 2.45) is 7.05 Å². The molecule has 2 aromatic rings. The topological polar surface area (TPSA) is 66.2 Å². The maximum atomic E-state index is 12.3. The molecule has 18 heavy (non-hydrogen) atoms. The van der Waals surface area contributed by atoms with Gasteiger partial charge in [0.2, 0.25) is 5.78 Å². The smallest absolute Gasteiger partial charge is 0.212 e. The molecule has 1 heterocycles. The molecular weight excluding hydrogens is 234 g/mol. The molecule has 0 fully saturated rings. The first-order valence-electron chi connectivity index (χ1n) is 5.28. The summed E-state index contributed by atoms with van der Waals surface area (Å²) in [5, 5.41) is 7.41. The first kappa shape index (κ1) is 12.1. The molecule has 6 nitrogen and oxygen atoms in total. The van der Waals surface area contributed by atoms with Crippen LogP contribution in [0.15, 0.2) is 24.4 Å². The minimum atomic E-state index is -0.181. The van der Waals surface area contributed by atoms with Gasteiger partial charge >= 0.3 is 0 Å². The highest BCUT2D eigenvalue weighted by Crippen LogP contribution is 2.23. The van der Waals surface area contributed by atoms with E-state index in [1.165, 1.54) is 25.1 Å². The lowest BCUT2D eigenvalue weighted by atomic mass is 10.1. The maximum Gasteiger partial charge on any atom is 0.212 e. The molecule has 0 N–H and O–H groups in total. The van der Waals surface area contributed by atoms with Gasteiger partial charge in [0, 0.05) is 18.7 Å². The fourth-order valence-electron chi connectivity index (χ4n) is 1.58. The predicted molar refractivity (Wildman–Crippen MR) is 64.0 cm³/mol. The minimum absolute atomic E-state index is 0.181. The van der Waals surface area contributed by atoms with E-state index in [1.54, 1.807) is 25.2 Å². The summed E-state index contributed by atoms with van der Waals surface area (Å²) < 4.78 is 11.7. The third-order valence-electron chi connectivity index (χ3n) is 2.56. The Balaban J connectivity index is 2.44. The third kappa shape index (κ3) is 2.17. The van der Waals surface area contributed by atoms with Crippen LogP contribution in [0.5, 0.6) is 11.5 Å². The van der Waals surface area contributed by atoms with Crippen molar-refractivity contribution in [2.75, 3.05) is 14.2 Å². The van der Waals surface area contributed by atoms with Gasteiger partial charge in [0.1, 0.15) is 17.2 Å². The van der Waals surface area contributed by atoms with E-state index in [1.807, 2.05) is 0 Å². The van der Waals surface area contributed by atoms with Crippen LogP contribution in [0.2, 0.25) is 0 Å². The Bertz CT molecular complexity index is 555. The van der Waals surface area contributed by atoms with E-state index in [2.05, 4.69) is 10.3 Å². The molecule has 1 aromatic heterocycles. The molecule has 0 saturated carbocycles. The van der Waals surface area contributed by atoms with Crippen molar-refractivity contribution < 1.29 is 14.3 Å². The Labute approximate surface area is 104 Å². The van der Waals surface area contributed by atoms with Crippen LogP contribution in [0, 0.1) is 0 Å². The van der Waals surface area contributed by atoms with Crippen LogP contribution in [0.3, 0.4) is 0 Å². The fourth-order valence-corrected chi connectivity index (χ4v) is 1.58. The predicted octanol–water partition coefficient (Wildman–Crippen LogP) is 1.06. The Morgan fingerprint density at radius 1 is 1.17 bits per heavy atom. The van der Waals surface area contributed by atoms with E-state index in [9.17, 15) is 4.79 Å². The molecular formula is C12H13N3O3. The molecule has 0 aliphatic carbocycles. The molecule has 0 saturated heterocycles. The summed E-state index contributed by atoms with van der Waals surface area (Å²) in [7, 11) is 4.74. The summed E-state index contributed by atoms with van der Waals surface area (Å²) in [6.07, 6.45) is 1.42. The third-order valence-corrected chi connectivity index (χ3v) is 2.56. The van der Waals surface area contributed by atoms with Crippen molar-refractivity contribution in [3.63, 3.8) is 0 Å². The lowest BCUT2D eigenvalue weighted by Crippen LogP contribution is -2.08. The molecule has 0 bridgehead atoms. The zero-order valence-electron chi connectivity index (χ0n) is 10.4. The van der Waals surface area contributed by atoms with E-state index in [0.29, 0.717) is 22.8 Å². The van der Waals surface area contributed by atoms with Crippen LogP contribution in [0.4, 0.5) is 0 Å². The van der Waals surface area contributed by atoms with Gasteiger partial charge in [0.05, 0.1) is 20.4 Å². The van der Waals surface area contributed by atoms with Crippen LogP contribution in [0.1, 0.15) is 16.1 Å². The number of benzene rings is 1. The van der Waals surface area contributed by atoms with Gasteiger partial charge < -0.3 is 9.47 Å². The van der Waals surface area contributed by atoms with E-state index >= 15 is 0 Å². The van der Waals surface area contributed by atoms with E-state index in [4.69, 9.17) is 9.47 Å². The average molecular weight is 247 g/mol. The molecule has 0 aliphatic rings. The van der Waals surface area contributed by atoms with Crippen molar-refractivity contribution in [3.05, 3.63) is 35.7 Å². The lowest BCUT2D eigenvalue weighted by molar-refractivity contribution is 0.102. The number of carbonyl (C=O) groups is 1. The highest BCUT2D eigenvalue weighted by Gasteiger charge is 2.15. The second kappa shape index (κ2) is 4.87. The van der Waals surface area contributed by atoms with Crippen molar-refractivity contribution >= 4 is 5.78 Å². The summed E-state index contributed by atoms with van der Waals surface area (Å²) in [5.41, 5.74) is 0.877. The Kier molecular flexibility index (Phi) is 3.27. The number of rotatable bonds is 4. The van der Waals surface area contributed by atoms with Gasteiger partial charge in [0.15, 0.2) is 0 Å². The van der Waals surface area contributed by atoms with Crippen molar-refractivity contribution in [1.29, 1.82) is 0 Å². The molecule has 0 spiro atoms. The molecule has 0 radical (unpaired) electrons. The zero-order valence-corrected chi connectivity index (χ0v) is 10.4. The molecule has 94 valence electrons. The number of aryl methyl sites for hydroxylation is 1. The lowest BCUT2D eigenvalue weighted by Gasteiger charge is -2.07. The monoisotopic (exact) mass is 247 g/mol. The van der Waals surface area contributed by atoms with Gasteiger partial charge in [-0.1, -0.05) is 5.21 Å². The van der Waals surface area contributed by atoms with Crippen molar-refractivity contribution in [3.8, 4) is 11.5 Å². The largest absolute Gasteiger partial charge is 0.497 e. The molecule has 0 amide bonds. The SMILES string of the molecule is COc1cc(OC)cc(C(=O)c2cnnn2C)c1. The Morgan fingerprint density at radius 2 is 1.78 bits per heavy atom. The van der Waals surface area contributed by atoms with Crippen LogP contribution in [-0.4, -0.2) is 35.0 Å². The number of nitrogens with zero attached hydrogens (tertiary/aromatic N) is 3. The van der Waals surface area contributed by atoms with Crippen LogP contribution < -0.4 is 9.47 Å². The number of hydrogen-bond acceptors (Lipinski definition) is 5. The summed E-state index contributed by atoms with van der Waals surface area (Å²) in [6.45, 7) is 0. The first-order valence-corrected chi connectivity index (χ1v) is 5.28. The number of ketones is 1. The molecule has 0 aliphatic heterocycles. The quantitative estimate of drug-likeness (QED) is 0.756. The number of methoxy groups -OCH3 is 2. The molecule has 0 unspecified atom stereocenters. The summed E-state index contributed by atoms with van der Waals surface area (Å²) >= 11 is 0. The van der Waals surface area contributed by atoms with E-state index in [0.717, 1.165) is 0 Å². The first-order chi connectivity index (χ1) is 8.65. The highest BCUT2D eigenvalue weighted by atomic mass is 16.5. The van der Waals surface area contributed by atoms with Crippen LogP contribution >= 0.6 is 0 Å². The summed E-state index contributed by atoms with van der Waals surface area (Å²) in [6, 6.07) is 5.01. The van der Waals surface area contributed by atoms with Gasteiger partial charge in [-0.15, -0.1) is 5.10 Å². The van der Waals surface area contributed by atoms with Crippen LogP contribution in [-0.2, 0) is 7.05 Å². The number of carbonyl (C=O) groups excluding carboxylic acids is 1. The van der Waals surface area contributed by atoms with Gasteiger partial charge in [-0.05, 0) is 12.1 Å². The van der Waals surface area contributed by atoms with Crippen molar-refractivity contribution in [2.45, 2.75) is 0 Å². The van der Waals surface area contributed by atoms with E-state index < -0.39 is 0 Å². The Morgan fingerprint density at radius 3 is 2.22 bits per heavy atom. The highest BCUT2D eigenvalue weighted by molar-refractivity contribution is 6.08.